The van der Waals surface area contributed by atoms with Gasteiger partial charge < -0.3 is 15.8 Å². The minimum atomic E-state index is -0.828. The van der Waals surface area contributed by atoms with E-state index in [2.05, 4.69) is 17.2 Å². The number of pyridine rings is 1. The van der Waals surface area contributed by atoms with E-state index in [1.807, 2.05) is 18.2 Å². The van der Waals surface area contributed by atoms with E-state index in [9.17, 15) is 14.4 Å². The van der Waals surface area contributed by atoms with E-state index in [1.165, 1.54) is 32.8 Å². The number of nitrogens with two attached hydrogens (primary N) is 1. The predicted octanol–water partition coefficient (Wildman–Crippen LogP) is 3.40. The fraction of sp³-hybridized carbons (Fsp3) is 0.520. The number of fused-ring (bicyclic) bond motifs is 1. The summed E-state index contributed by atoms with van der Waals surface area (Å²) in [5.74, 6) is -1.20. The summed E-state index contributed by atoms with van der Waals surface area (Å²) in [6, 6.07) is 2.91. The number of hydrogen-bond acceptors (Lipinski definition) is 5. The summed E-state index contributed by atoms with van der Waals surface area (Å²) >= 11 is 0. The van der Waals surface area contributed by atoms with E-state index in [-0.39, 0.29) is 12.3 Å². The molecule has 3 N–H and O–H groups in total. The monoisotopic (exact) mass is 441 g/mol. The second-order valence-corrected chi connectivity index (χ2v) is 8.14. The van der Waals surface area contributed by atoms with Gasteiger partial charge in [0.1, 0.15) is 6.04 Å². The van der Waals surface area contributed by atoms with Gasteiger partial charge in [-0.15, -0.1) is 0 Å². The lowest BCUT2D eigenvalue weighted by molar-refractivity contribution is -0.135. The topological polar surface area (TPSA) is 111 Å². The molecule has 32 heavy (non-hydrogen) atoms. The van der Waals surface area contributed by atoms with Crippen LogP contribution in [-0.2, 0) is 32.0 Å². The van der Waals surface area contributed by atoms with Gasteiger partial charge in [-0.05, 0) is 30.5 Å². The summed E-state index contributed by atoms with van der Waals surface area (Å²) in [6.45, 7) is 2.19. The maximum atomic E-state index is 12.3. The number of hydrogen-bond donors (Lipinski definition) is 2. The van der Waals surface area contributed by atoms with Gasteiger partial charge in [-0.25, -0.2) is 4.79 Å². The molecule has 2 amide bonds. The lowest BCUT2D eigenvalue weighted by Crippen LogP contribution is -2.46. The van der Waals surface area contributed by atoms with E-state index in [0.717, 1.165) is 24.8 Å². The van der Waals surface area contributed by atoms with Crippen LogP contribution in [0.25, 0.3) is 6.08 Å². The summed E-state index contributed by atoms with van der Waals surface area (Å²) in [5.41, 5.74) is 8.16. The molecule has 0 aliphatic heterocycles. The summed E-state index contributed by atoms with van der Waals surface area (Å²) in [6.07, 6.45) is 14.3. The predicted molar refractivity (Wildman–Crippen MR) is 125 cm³/mol. The molecule has 1 aliphatic rings. The number of nitrogens with zero attached hydrogens (tertiary/aromatic N) is 1. The first kappa shape index (κ1) is 25.3. The molecule has 1 aromatic rings. The van der Waals surface area contributed by atoms with Gasteiger partial charge in [0, 0.05) is 18.5 Å². The lowest BCUT2D eigenvalue weighted by atomic mass is 10.1. The van der Waals surface area contributed by atoms with Crippen LogP contribution in [-0.4, -0.2) is 35.9 Å². The first-order chi connectivity index (χ1) is 15.4. The molecule has 0 saturated carbocycles. The van der Waals surface area contributed by atoms with E-state index in [1.54, 1.807) is 12.2 Å². The van der Waals surface area contributed by atoms with Crippen LogP contribution in [0.5, 0.6) is 0 Å². The number of ether oxygens (including phenoxy) is 1. The fourth-order valence-corrected chi connectivity index (χ4v) is 3.65. The van der Waals surface area contributed by atoms with Gasteiger partial charge in [-0.2, -0.15) is 0 Å². The van der Waals surface area contributed by atoms with Crippen LogP contribution in [0, 0.1) is 0 Å². The summed E-state index contributed by atoms with van der Waals surface area (Å²) in [4.78, 5) is 40.7. The number of rotatable bonds is 13. The van der Waals surface area contributed by atoms with Crippen molar-refractivity contribution in [1.82, 2.24) is 10.3 Å². The SMILES string of the molecule is CCCCCCCCCC(=O)N[C@@H](Cc1ccc2c(n1)C=C(C(=O)OC)C=CC2)C(N)=O. The van der Waals surface area contributed by atoms with Crippen LogP contribution in [0.2, 0.25) is 0 Å². The van der Waals surface area contributed by atoms with E-state index in [0.29, 0.717) is 29.8 Å². The Labute approximate surface area is 190 Å². The molecule has 0 unspecified atom stereocenters. The quantitative estimate of drug-likeness (QED) is 0.360. The molecule has 174 valence electrons. The number of amides is 2. The highest BCUT2D eigenvalue weighted by molar-refractivity contribution is 5.96. The van der Waals surface area contributed by atoms with Crippen molar-refractivity contribution in [2.45, 2.75) is 77.2 Å². The van der Waals surface area contributed by atoms with Crippen LogP contribution >= 0.6 is 0 Å². The van der Waals surface area contributed by atoms with Crippen LogP contribution in [0.15, 0.2) is 29.9 Å². The molecule has 0 saturated heterocycles. The van der Waals surface area contributed by atoms with Crippen LogP contribution in [0.4, 0.5) is 0 Å². The first-order valence-corrected chi connectivity index (χ1v) is 11.5. The van der Waals surface area contributed by atoms with Gasteiger partial charge in [0.25, 0.3) is 0 Å². The van der Waals surface area contributed by atoms with Crippen LogP contribution in [0.1, 0.15) is 75.2 Å². The number of carbonyl (C=O) groups excluding carboxylic acids is 3. The molecule has 2 rings (SSSR count). The zero-order chi connectivity index (χ0) is 23.3. The number of unbranched alkanes of at least 4 members (excludes halogenated alkanes) is 6. The van der Waals surface area contributed by atoms with Crippen molar-refractivity contribution < 1.29 is 19.1 Å². The van der Waals surface area contributed by atoms with Crippen molar-refractivity contribution in [3.63, 3.8) is 0 Å². The molecule has 0 radical (unpaired) electrons. The molecular weight excluding hydrogens is 406 g/mol. The Bertz CT molecular complexity index is 861. The van der Waals surface area contributed by atoms with Crippen molar-refractivity contribution in [1.29, 1.82) is 0 Å². The molecule has 0 fully saturated rings. The molecule has 1 aromatic heterocycles. The van der Waals surface area contributed by atoms with Crippen molar-refractivity contribution >= 4 is 23.9 Å². The van der Waals surface area contributed by atoms with Crippen LogP contribution < -0.4 is 11.1 Å². The Kier molecular flexibility index (Phi) is 10.6. The normalized spacial score (nSPS) is 13.5. The number of allylic oxidation sites excluding steroid dienone is 1. The number of methoxy groups -OCH3 is 1. The molecule has 0 aromatic carbocycles. The number of primary amides is 1. The largest absolute Gasteiger partial charge is 0.465 e. The van der Waals surface area contributed by atoms with Gasteiger partial charge in [-0.3, -0.25) is 14.6 Å². The Balaban J connectivity index is 1.94. The van der Waals surface area contributed by atoms with E-state index in [4.69, 9.17) is 10.5 Å². The summed E-state index contributed by atoms with van der Waals surface area (Å²) in [7, 11) is 1.33. The third kappa shape index (κ3) is 8.29. The Morgan fingerprint density at radius 1 is 1.12 bits per heavy atom. The fourth-order valence-electron chi connectivity index (χ4n) is 3.65. The second kappa shape index (κ2) is 13.5. The number of esters is 1. The smallest absolute Gasteiger partial charge is 0.337 e. The minimum Gasteiger partial charge on any atom is -0.465 e. The van der Waals surface area contributed by atoms with Crippen molar-refractivity contribution in [2.75, 3.05) is 7.11 Å². The number of aromatic nitrogens is 1. The first-order valence-electron chi connectivity index (χ1n) is 11.5. The molecule has 0 spiro atoms. The number of nitrogens with one attached hydrogen (secondary N) is 1. The van der Waals surface area contributed by atoms with E-state index < -0.39 is 17.9 Å². The maximum absolute atomic E-state index is 12.3. The Morgan fingerprint density at radius 3 is 2.53 bits per heavy atom. The van der Waals surface area contributed by atoms with Crippen LogP contribution in [0.3, 0.4) is 0 Å². The summed E-state index contributed by atoms with van der Waals surface area (Å²) in [5, 5.41) is 2.75. The average molecular weight is 442 g/mol. The zero-order valence-electron chi connectivity index (χ0n) is 19.2. The standard InChI is InChI=1S/C25H35N3O4/c1-3-4-5-6-7-8-9-13-23(29)28-22(24(26)30)17-20-15-14-18-11-10-12-19(25(31)32-2)16-21(18)27-20/h10,12,14-16,22H,3-9,11,13,17H2,1-2H3,(H2,26,30)(H,28,29)/t22-/m0/s1. The third-order valence-corrected chi connectivity index (χ3v) is 5.52. The second-order valence-electron chi connectivity index (χ2n) is 8.14. The van der Waals surface area contributed by atoms with Crippen molar-refractivity contribution in [2.24, 2.45) is 5.73 Å². The molecular formula is C25H35N3O4. The van der Waals surface area contributed by atoms with Gasteiger partial charge in [0.2, 0.25) is 11.8 Å². The Morgan fingerprint density at radius 2 is 1.84 bits per heavy atom. The molecule has 7 heteroatoms. The molecule has 1 atom stereocenters. The zero-order valence-corrected chi connectivity index (χ0v) is 19.2. The molecule has 1 aliphatic carbocycles. The number of carbonyl (C=O) groups is 3. The van der Waals surface area contributed by atoms with Gasteiger partial charge >= 0.3 is 5.97 Å². The third-order valence-electron chi connectivity index (χ3n) is 5.52. The van der Waals surface area contributed by atoms with Gasteiger partial charge in [0.05, 0.1) is 18.4 Å². The van der Waals surface area contributed by atoms with E-state index >= 15 is 0 Å². The summed E-state index contributed by atoms with van der Waals surface area (Å²) < 4.78 is 4.80. The van der Waals surface area contributed by atoms with Crippen molar-refractivity contribution in [3.05, 3.63) is 46.8 Å². The van der Waals surface area contributed by atoms with Gasteiger partial charge in [0.15, 0.2) is 0 Å². The average Bonchev–Trinajstić information content (AvgIpc) is 2.99. The molecule has 7 nitrogen and oxygen atoms in total. The highest BCUT2D eigenvalue weighted by Crippen LogP contribution is 2.19. The minimum absolute atomic E-state index is 0.172. The molecule has 1 heterocycles. The Hall–Kier alpha value is -2.96. The highest BCUT2D eigenvalue weighted by Gasteiger charge is 2.20. The molecule has 0 bridgehead atoms. The van der Waals surface area contributed by atoms with Gasteiger partial charge in [-0.1, -0.05) is 63.7 Å². The lowest BCUT2D eigenvalue weighted by Gasteiger charge is -2.16. The highest BCUT2D eigenvalue weighted by atomic mass is 16.5. The maximum Gasteiger partial charge on any atom is 0.337 e. The van der Waals surface area contributed by atoms with Crippen molar-refractivity contribution in [3.8, 4) is 0 Å².